The predicted molar refractivity (Wildman–Crippen MR) is 134 cm³/mol. The fraction of sp³-hybridized carbons (Fsp3) is 0.207. The van der Waals surface area contributed by atoms with E-state index in [2.05, 4.69) is 22.8 Å². The highest BCUT2D eigenvalue weighted by Crippen LogP contribution is 2.29. The first-order valence-electron chi connectivity index (χ1n) is 11.6. The van der Waals surface area contributed by atoms with E-state index >= 15 is 0 Å². The molecule has 0 aliphatic heterocycles. The quantitative estimate of drug-likeness (QED) is 0.287. The van der Waals surface area contributed by atoms with Gasteiger partial charge in [0.1, 0.15) is 18.2 Å². The van der Waals surface area contributed by atoms with Crippen molar-refractivity contribution < 1.29 is 23.8 Å². The Morgan fingerprint density at radius 2 is 1.51 bits per heavy atom. The van der Waals surface area contributed by atoms with E-state index in [1.165, 1.54) is 12.1 Å². The molecule has 0 saturated carbocycles. The van der Waals surface area contributed by atoms with Crippen LogP contribution in [-0.4, -0.2) is 35.0 Å². The molecule has 1 aromatic heterocycles. The summed E-state index contributed by atoms with van der Waals surface area (Å²) < 4.78 is 27.0. The first kappa shape index (κ1) is 24.2. The Labute approximate surface area is 204 Å². The van der Waals surface area contributed by atoms with Gasteiger partial charge in [-0.3, -0.25) is 0 Å². The van der Waals surface area contributed by atoms with E-state index < -0.39 is 12.1 Å². The predicted octanol–water partition coefficient (Wildman–Crippen LogP) is 6.07. The van der Waals surface area contributed by atoms with Gasteiger partial charge in [-0.1, -0.05) is 42.5 Å². The third-order valence-electron chi connectivity index (χ3n) is 5.76. The Balaban J connectivity index is 1.47. The third-order valence-corrected chi connectivity index (χ3v) is 5.76. The minimum absolute atomic E-state index is 0.266. The summed E-state index contributed by atoms with van der Waals surface area (Å²) >= 11 is 0. The molecule has 180 valence electrons. The van der Waals surface area contributed by atoms with Crippen molar-refractivity contribution in [3.8, 4) is 28.3 Å². The molecule has 5 nitrogen and oxygen atoms in total. The van der Waals surface area contributed by atoms with Crippen LogP contribution in [0.5, 0.6) is 5.75 Å². The van der Waals surface area contributed by atoms with Gasteiger partial charge in [0.25, 0.3) is 0 Å². The molecule has 3 aromatic carbocycles. The van der Waals surface area contributed by atoms with Crippen LogP contribution in [0.2, 0.25) is 0 Å². The van der Waals surface area contributed by atoms with Gasteiger partial charge >= 0.3 is 5.97 Å². The van der Waals surface area contributed by atoms with Crippen LogP contribution < -0.4 is 4.74 Å². The molecule has 0 fully saturated rings. The summed E-state index contributed by atoms with van der Waals surface area (Å²) in [5.74, 6) is -0.531. The van der Waals surface area contributed by atoms with Crippen LogP contribution >= 0.6 is 0 Å². The molecular weight excluding hydrogens is 445 g/mol. The lowest BCUT2D eigenvalue weighted by atomic mass is 10.1. The van der Waals surface area contributed by atoms with Crippen molar-refractivity contribution in [1.29, 1.82) is 0 Å². The van der Waals surface area contributed by atoms with Gasteiger partial charge in [0.15, 0.2) is 6.10 Å². The first-order valence-corrected chi connectivity index (χ1v) is 11.6. The number of carboxylic acids is 1. The fourth-order valence-corrected chi connectivity index (χ4v) is 4.05. The second-order valence-electron chi connectivity index (χ2n) is 8.11. The molecule has 0 unspecified atom stereocenters. The standard InChI is InChI=1S/C29H28FNO4/c1-2-34-28(29(32)33)20-21-8-14-25(15-9-21)35-19-18-31-26(22-6-4-3-5-7-22)16-17-27(31)23-10-12-24(30)13-11-23/h3-17,28H,2,18-20H2,1H3,(H,32,33)/t28-/m0/s1. The normalized spacial score (nSPS) is 11.8. The highest BCUT2D eigenvalue weighted by Gasteiger charge is 2.18. The highest BCUT2D eigenvalue weighted by molar-refractivity contribution is 5.72. The number of benzene rings is 3. The van der Waals surface area contributed by atoms with Crippen LogP contribution in [0.4, 0.5) is 4.39 Å². The lowest BCUT2D eigenvalue weighted by molar-refractivity contribution is -0.149. The Bertz CT molecular complexity index is 1230. The van der Waals surface area contributed by atoms with Gasteiger partial charge in [-0.25, -0.2) is 9.18 Å². The van der Waals surface area contributed by atoms with Crippen molar-refractivity contribution in [1.82, 2.24) is 4.57 Å². The minimum atomic E-state index is -0.968. The van der Waals surface area contributed by atoms with E-state index in [0.29, 0.717) is 31.9 Å². The van der Waals surface area contributed by atoms with Gasteiger partial charge < -0.3 is 19.1 Å². The number of ether oxygens (including phenoxy) is 2. The first-order chi connectivity index (χ1) is 17.0. The average molecular weight is 474 g/mol. The van der Waals surface area contributed by atoms with Crippen molar-refractivity contribution in [3.63, 3.8) is 0 Å². The molecule has 0 amide bonds. The van der Waals surface area contributed by atoms with Crippen LogP contribution in [0.3, 0.4) is 0 Å². The van der Waals surface area contributed by atoms with Gasteiger partial charge in [-0.2, -0.15) is 0 Å². The Morgan fingerprint density at radius 1 is 0.886 bits per heavy atom. The number of halogens is 1. The summed E-state index contributed by atoms with van der Waals surface area (Å²) in [4.78, 5) is 11.3. The van der Waals surface area contributed by atoms with Gasteiger partial charge in [-0.05, 0) is 72.1 Å². The van der Waals surface area contributed by atoms with Crippen molar-refractivity contribution in [2.45, 2.75) is 26.0 Å². The van der Waals surface area contributed by atoms with Gasteiger partial charge in [-0.15, -0.1) is 0 Å². The Morgan fingerprint density at radius 3 is 2.11 bits per heavy atom. The number of hydrogen-bond acceptors (Lipinski definition) is 3. The van der Waals surface area contributed by atoms with E-state index in [-0.39, 0.29) is 5.82 Å². The van der Waals surface area contributed by atoms with Crippen LogP contribution in [0.15, 0.2) is 91.0 Å². The van der Waals surface area contributed by atoms with E-state index in [4.69, 9.17) is 9.47 Å². The van der Waals surface area contributed by atoms with E-state index in [1.807, 2.05) is 48.5 Å². The molecule has 0 radical (unpaired) electrons. The molecule has 4 aromatic rings. The van der Waals surface area contributed by atoms with Gasteiger partial charge in [0, 0.05) is 24.4 Å². The van der Waals surface area contributed by atoms with Crippen molar-refractivity contribution in [2.24, 2.45) is 0 Å². The van der Waals surface area contributed by atoms with Crippen molar-refractivity contribution >= 4 is 5.97 Å². The number of carboxylic acid groups (broad SMARTS) is 1. The summed E-state index contributed by atoms with van der Waals surface area (Å²) in [6, 6.07) is 28.1. The van der Waals surface area contributed by atoms with Gasteiger partial charge in [0.05, 0.1) is 6.54 Å². The van der Waals surface area contributed by atoms with Crippen LogP contribution in [-0.2, 0) is 22.5 Å². The second-order valence-corrected chi connectivity index (χ2v) is 8.11. The summed E-state index contributed by atoms with van der Waals surface area (Å²) in [7, 11) is 0. The number of nitrogens with zero attached hydrogens (tertiary/aromatic N) is 1. The molecule has 1 N–H and O–H groups in total. The number of hydrogen-bond donors (Lipinski definition) is 1. The topological polar surface area (TPSA) is 60.7 Å². The largest absolute Gasteiger partial charge is 0.492 e. The maximum Gasteiger partial charge on any atom is 0.333 e. The maximum absolute atomic E-state index is 13.5. The summed E-state index contributed by atoms with van der Waals surface area (Å²) in [5, 5.41) is 9.28. The molecule has 1 heterocycles. The monoisotopic (exact) mass is 473 g/mol. The molecule has 1 atom stereocenters. The molecule has 0 spiro atoms. The Hall–Kier alpha value is -3.90. The van der Waals surface area contributed by atoms with Crippen LogP contribution in [0, 0.1) is 5.82 Å². The second kappa shape index (κ2) is 11.5. The zero-order chi connectivity index (χ0) is 24.6. The number of carbonyl (C=O) groups is 1. The molecular formula is C29H28FNO4. The summed E-state index contributed by atoms with van der Waals surface area (Å²) in [6.45, 7) is 3.15. The zero-order valence-electron chi connectivity index (χ0n) is 19.6. The van der Waals surface area contributed by atoms with E-state index in [9.17, 15) is 14.3 Å². The third kappa shape index (κ3) is 6.16. The average Bonchev–Trinajstić information content (AvgIpc) is 3.29. The highest BCUT2D eigenvalue weighted by atomic mass is 19.1. The summed E-state index contributed by atoms with van der Waals surface area (Å²) in [5.41, 5.74) is 4.93. The SMILES string of the molecule is CCO[C@@H](Cc1ccc(OCCn2c(-c3ccccc3)ccc2-c2ccc(F)cc2)cc1)C(=O)O. The fourth-order valence-electron chi connectivity index (χ4n) is 4.05. The van der Waals surface area contributed by atoms with E-state index in [1.54, 1.807) is 19.1 Å². The Kier molecular flexibility index (Phi) is 7.95. The van der Waals surface area contributed by atoms with E-state index in [0.717, 1.165) is 28.1 Å². The molecule has 6 heteroatoms. The summed E-state index contributed by atoms with van der Waals surface area (Å²) in [6.07, 6.45) is -0.560. The van der Waals surface area contributed by atoms with Crippen molar-refractivity contribution in [3.05, 3.63) is 102 Å². The molecule has 35 heavy (non-hydrogen) atoms. The molecule has 4 rings (SSSR count). The zero-order valence-corrected chi connectivity index (χ0v) is 19.6. The lowest BCUT2D eigenvalue weighted by Crippen LogP contribution is -2.26. The number of aromatic nitrogens is 1. The van der Waals surface area contributed by atoms with Crippen LogP contribution in [0.25, 0.3) is 22.5 Å². The van der Waals surface area contributed by atoms with Gasteiger partial charge in [0.2, 0.25) is 0 Å². The molecule has 0 aliphatic rings. The smallest absolute Gasteiger partial charge is 0.333 e. The van der Waals surface area contributed by atoms with Crippen LogP contribution in [0.1, 0.15) is 12.5 Å². The maximum atomic E-state index is 13.5. The number of aliphatic carboxylic acids is 1. The molecule has 0 bridgehead atoms. The molecule has 0 saturated heterocycles. The minimum Gasteiger partial charge on any atom is -0.492 e. The molecule has 0 aliphatic carbocycles. The number of rotatable bonds is 11. The lowest BCUT2D eigenvalue weighted by Gasteiger charge is -2.16. The van der Waals surface area contributed by atoms with Crippen molar-refractivity contribution in [2.75, 3.05) is 13.2 Å².